The molecule has 0 N–H and O–H groups in total. The van der Waals surface area contributed by atoms with Gasteiger partial charge in [0.1, 0.15) is 0 Å². The van der Waals surface area contributed by atoms with Crippen molar-refractivity contribution in [3.8, 4) is 44.5 Å². The lowest BCUT2D eigenvalue weighted by Crippen LogP contribution is -2.20. The monoisotopic (exact) mass is 831 g/mol. The van der Waals surface area contributed by atoms with E-state index in [1.54, 1.807) is 0 Å². The summed E-state index contributed by atoms with van der Waals surface area (Å²) in [6.07, 6.45) is 2.07. The molecule has 2 aliphatic carbocycles. The fraction of sp³-hybridized carbons (Fsp3) is 0.238. The van der Waals surface area contributed by atoms with E-state index in [0.717, 1.165) is 17.1 Å². The van der Waals surface area contributed by atoms with Gasteiger partial charge in [0.2, 0.25) is 0 Å². The summed E-state index contributed by atoms with van der Waals surface area (Å²) < 4.78 is 0. The van der Waals surface area contributed by atoms with Gasteiger partial charge in [0.15, 0.2) is 0 Å². The largest absolute Gasteiger partial charge is 0.310 e. The molecule has 0 spiro atoms. The normalized spacial score (nSPS) is 14.5. The lowest BCUT2D eigenvalue weighted by molar-refractivity contribution is 0.583. The molecule has 0 aliphatic heterocycles. The van der Waals surface area contributed by atoms with Crippen LogP contribution >= 0.6 is 0 Å². The molecule has 0 bridgehead atoms. The Morgan fingerprint density at radius 3 is 1.52 bits per heavy atom. The zero-order valence-corrected chi connectivity index (χ0v) is 39.7. The summed E-state index contributed by atoms with van der Waals surface area (Å²) in [5.74, 6) is 0. The standard InChI is InChI=1S/C63H61N/c1-13-45-39(2)58-48-31-29-43(35-53(48)62(9,10)55(58)37-51(45)60(3,4)5)64(57-33-28-42(40-22-16-14-17-23-40)34-50(57)41-24-18-15-19-25-41)44-30-32-49-54(36-44)63(11,12)56-38-52(61(6,7)8)46-26-20-21-27-47(46)59(49)56/h13-38H,1H2,2-12H3. The van der Waals surface area contributed by atoms with Crippen LogP contribution in [0.15, 0.2) is 158 Å². The molecular formula is C63H61N. The van der Waals surface area contributed by atoms with Gasteiger partial charge in [-0.25, -0.2) is 0 Å². The Balaban J connectivity index is 1.23. The second-order valence-corrected chi connectivity index (χ2v) is 21.5. The first kappa shape index (κ1) is 41.6. The van der Waals surface area contributed by atoms with Crippen molar-refractivity contribution in [2.24, 2.45) is 0 Å². The molecule has 1 nitrogen and oxygen atoms in total. The number of rotatable bonds is 6. The minimum absolute atomic E-state index is 0.00229. The fourth-order valence-corrected chi connectivity index (χ4v) is 11.3. The number of hydrogen-bond acceptors (Lipinski definition) is 1. The number of nitrogens with zero attached hydrogens (tertiary/aromatic N) is 1. The highest BCUT2D eigenvalue weighted by Crippen LogP contribution is 2.57. The summed E-state index contributed by atoms with van der Waals surface area (Å²) >= 11 is 0. The number of benzene rings is 8. The molecule has 64 heavy (non-hydrogen) atoms. The van der Waals surface area contributed by atoms with Gasteiger partial charge in [-0.05, 0) is 148 Å². The topological polar surface area (TPSA) is 3.24 Å². The van der Waals surface area contributed by atoms with Crippen LogP contribution in [0.1, 0.15) is 114 Å². The minimum Gasteiger partial charge on any atom is -0.310 e. The van der Waals surface area contributed by atoms with Gasteiger partial charge in [0, 0.05) is 27.8 Å². The predicted octanol–water partition coefficient (Wildman–Crippen LogP) is 17.8. The molecule has 0 amide bonds. The first-order chi connectivity index (χ1) is 30.4. The summed E-state index contributed by atoms with van der Waals surface area (Å²) in [7, 11) is 0. The highest BCUT2D eigenvalue weighted by molar-refractivity contribution is 6.05. The minimum atomic E-state index is -0.220. The molecule has 318 valence electrons. The molecular weight excluding hydrogens is 771 g/mol. The van der Waals surface area contributed by atoms with Crippen LogP contribution < -0.4 is 4.90 Å². The van der Waals surface area contributed by atoms with Crippen LogP contribution in [0.2, 0.25) is 0 Å². The van der Waals surface area contributed by atoms with E-state index in [1.165, 1.54) is 99.8 Å². The molecule has 0 fully saturated rings. The summed E-state index contributed by atoms with van der Waals surface area (Å²) in [4.78, 5) is 2.54. The molecule has 10 rings (SSSR count). The number of anilines is 3. The van der Waals surface area contributed by atoms with Crippen molar-refractivity contribution in [1.29, 1.82) is 0 Å². The smallest absolute Gasteiger partial charge is 0.0540 e. The van der Waals surface area contributed by atoms with Gasteiger partial charge < -0.3 is 4.90 Å². The van der Waals surface area contributed by atoms with Crippen molar-refractivity contribution in [2.45, 2.75) is 97.8 Å². The van der Waals surface area contributed by atoms with E-state index in [4.69, 9.17) is 0 Å². The quantitative estimate of drug-likeness (QED) is 0.161. The molecule has 2 aliphatic rings. The summed E-state index contributed by atoms with van der Waals surface area (Å²) in [6.45, 7) is 30.3. The van der Waals surface area contributed by atoms with Gasteiger partial charge in [-0.3, -0.25) is 0 Å². The van der Waals surface area contributed by atoms with Gasteiger partial charge in [0.05, 0.1) is 5.69 Å². The maximum absolute atomic E-state index is 4.32. The van der Waals surface area contributed by atoms with Crippen LogP contribution in [0.5, 0.6) is 0 Å². The first-order valence-electron chi connectivity index (χ1n) is 23.1. The Morgan fingerprint density at radius 1 is 0.453 bits per heavy atom. The third kappa shape index (κ3) is 6.34. The molecule has 8 aromatic carbocycles. The van der Waals surface area contributed by atoms with Gasteiger partial charge in [-0.2, -0.15) is 0 Å². The molecule has 0 heterocycles. The zero-order valence-electron chi connectivity index (χ0n) is 39.7. The van der Waals surface area contributed by atoms with Crippen LogP contribution in [-0.2, 0) is 21.7 Å². The lowest BCUT2D eigenvalue weighted by atomic mass is 9.75. The maximum Gasteiger partial charge on any atom is 0.0540 e. The van der Waals surface area contributed by atoms with Crippen LogP contribution in [0.25, 0.3) is 61.4 Å². The van der Waals surface area contributed by atoms with Gasteiger partial charge in [-0.1, -0.05) is 197 Å². The Morgan fingerprint density at radius 2 is 0.953 bits per heavy atom. The van der Waals surface area contributed by atoms with Crippen molar-refractivity contribution in [1.82, 2.24) is 0 Å². The van der Waals surface area contributed by atoms with Crippen molar-refractivity contribution in [3.05, 3.63) is 203 Å². The first-order valence-corrected chi connectivity index (χ1v) is 23.1. The molecule has 1 heteroatoms. The summed E-state index contributed by atoms with van der Waals surface area (Å²) in [6, 6.07) is 57.4. The van der Waals surface area contributed by atoms with E-state index < -0.39 is 0 Å². The van der Waals surface area contributed by atoms with E-state index in [9.17, 15) is 0 Å². The Labute approximate surface area is 382 Å². The second kappa shape index (κ2) is 14.5. The SMILES string of the molecule is C=Cc1c(C(C)(C)C)cc2c(c1C)-c1ccc(N(c3ccc4c(c3)C(C)(C)c3cc(C(C)(C)C)c5ccccc5c3-4)c3ccc(-c4ccccc4)cc3-c3ccccc3)cc1C2(C)C. The fourth-order valence-electron chi connectivity index (χ4n) is 11.3. The number of hydrogen-bond donors (Lipinski definition) is 0. The van der Waals surface area contributed by atoms with E-state index in [1.807, 2.05) is 0 Å². The summed E-state index contributed by atoms with van der Waals surface area (Å²) in [5.41, 5.74) is 24.0. The third-order valence-electron chi connectivity index (χ3n) is 14.7. The highest BCUT2D eigenvalue weighted by atomic mass is 15.1. The average Bonchev–Trinajstić information content (AvgIpc) is 3.65. The van der Waals surface area contributed by atoms with E-state index in [-0.39, 0.29) is 21.7 Å². The molecule has 0 saturated heterocycles. The molecule has 0 radical (unpaired) electrons. The van der Waals surface area contributed by atoms with Crippen molar-refractivity contribution < 1.29 is 0 Å². The number of fused-ring (bicyclic) bond motifs is 8. The highest BCUT2D eigenvalue weighted by Gasteiger charge is 2.41. The van der Waals surface area contributed by atoms with Gasteiger partial charge in [0.25, 0.3) is 0 Å². The third-order valence-corrected chi connectivity index (χ3v) is 14.7. The van der Waals surface area contributed by atoms with Crippen LogP contribution in [0, 0.1) is 6.92 Å². The summed E-state index contributed by atoms with van der Waals surface area (Å²) in [5, 5.41) is 2.69. The van der Waals surface area contributed by atoms with E-state index in [0.29, 0.717) is 0 Å². The molecule has 8 aromatic rings. The van der Waals surface area contributed by atoms with Gasteiger partial charge >= 0.3 is 0 Å². The predicted molar refractivity (Wildman–Crippen MR) is 277 cm³/mol. The second-order valence-electron chi connectivity index (χ2n) is 21.5. The zero-order chi connectivity index (χ0) is 45.1. The maximum atomic E-state index is 4.32. The van der Waals surface area contributed by atoms with Crippen molar-refractivity contribution in [3.63, 3.8) is 0 Å². The van der Waals surface area contributed by atoms with Crippen molar-refractivity contribution >= 4 is 33.9 Å². The Kier molecular flexibility index (Phi) is 9.45. The van der Waals surface area contributed by atoms with Crippen molar-refractivity contribution in [2.75, 3.05) is 4.90 Å². The Hall–Kier alpha value is -6.44. The van der Waals surface area contributed by atoms with Crippen LogP contribution in [0.3, 0.4) is 0 Å². The van der Waals surface area contributed by atoms with Gasteiger partial charge in [-0.15, -0.1) is 0 Å². The van der Waals surface area contributed by atoms with E-state index >= 15 is 0 Å². The molecule has 0 atom stereocenters. The molecule has 0 unspecified atom stereocenters. The average molecular weight is 832 g/mol. The van der Waals surface area contributed by atoms with Crippen LogP contribution in [-0.4, -0.2) is 0 Å². The van der Waals surface area contributed by atoms with Crippen LogP contribution in [0.4, 0.5) is 17.1 Å². The Bertz CT molecular complexity index is 3180. The van der Waals surface area contributed by atoms with E-state index in [2.05, 4.69) is 245 Å². The molecule has 0 aromatic heterocycles. The lowest BCUT2D eigenvalue weighted by Gasteiger charge is -2.31. The molecule has 0 saturated carbocycles.